The zero-order chi connectivity index (χ0) is 23.3. The van der Waals surface area contributed by atoms with Crippen LogP contribution in [0.25, 0.3) is 0 Å². The molecule has 0 bridgehead atoms. The molecule has 0 aliphatic carbocycles. The van der Waals surface area contributed by atoms with Crippen LogP contribution in [0.5, 0.6) is 5.75 Å². The average Bonchev–Trinajstić information content (AvgIpc) is 2.73. The molecule has 11 heteroatoms. The first-order chi connectivity index (χ1) is 15.1. The Hall–Kier alpha value is -3.53. The van der Waals surface area contributed by atoms with Crippen molar-refractivity contribution < 1.29 is 22.7 Å². The lowest BCUT2D eigenvalue weighted by Crippen LogP contribution is -2.41. The SMILES string of the molecule is O=C(Cn1c(=O)ccn(Cc2ccccc2)c1=O)Nc1cc(Cl)ccc1OCC(F)(F)F. The zero-order valence-electron chi connectivity index (χ0n) is 16.4. The predicted octanol–water partition coefficient (Wildman–Crippen LogP) is 3.29. The molecule has 168 valence electrons. The van der Waals surface area contributed by atoms with Gasteiger partial charge >= 0.3 is 11.9 Å². The van der Waals surface area contributed by atoms with Crippen LogP contribution in [-0.4, -0.2) is 27.8 Å². The van der Waals surface area contributed by atoms with Gasteiger partial charge in [-0.05, 0) is 23.8 Å². The number of carbonyl (C=O) groups excluding carboxylic acids is 1. The van der Waals surface area contributed by atoms with E-state index in [1.807, 2.05) is 6.07 Å². The summed E-state index contributed by atoms with van der Waals surface area (Å²) in [4.78, 5) is 37.3. The van der Waals surface area contributed by atoms with Crippen molar-refractivity contribution in [2.45, 2.75) is 19.3 Å². The number of aromatic nitrogens is 2. The molecule has 0 aliphatic heterocycles. The molecular formula is C21H17ClF3N3O4. The Morgan fingerprint density at radius 1 is 1.06 bits per heavy atom. The third kappa shape index (κ3) is 6.24. The Kier molecular flexibility index (Phi) is 7.04. The van der Waals surface area contributed by atoms with Crippen LogP contribution < -0.4 is 21.3 Å². The minimum atomic E-state index is -4.58. The maximum absolute atomic E-state index is 12.7. The van der Waals surface area contributed by atoms with Crippen molar-refractivity contribution in [3.63, 3.8) is 0 Å². The number of hydrogen-bond acceptors (Lipinski definition) is 4. The maximum atomic E-state index is 12.7. The van der Waals surface area contributed by atoms with Gasteiger partial charge in [0.1, 0.15) is 12.3 Å². The van der Waals surface area contributed by atoms with Gasteiger partial charge in [0.2, 0.25) is 5.91 Å². The van der Waals surface area contributed by atoms with Crippen molar-refractivity contribution in [1.29, 1.82) is 0 Å². The van der Waals surface area contributed by atoms with Gasteiger partial charge in [0.25, 0.3) is 5.56 Å². The van der Waals surface area contributed by atoms with Gasteiger partial charge in [-0.3, -0.25) is 18.7 Å². The van der Waals surface area contributed by atoms with Crippen molar-refractivity contribution >= 4 is 23.2 Å². The fraction of sp³-hybridized carbons (Fsp3) is 0.190. The fourth-order valence-electron chi connectivity index (χ4n) is 2.82. The van der Waals surface area contributed by atoms with Crippen molar-refractivity contribution in [3.8, 4) is 5.75 Å². The molecule has 0 unspecified atom stereocenters. The molecule has 1 N–H and O–H groups in total. The molecule has 1 aromatic heterocycles. The maximum Gasteiger partial charge on any atom is 0.422 e. The lowest BCUT2D eigenvalue weighted by molar-refractivity contribution is -0.153. The number of rotatable bonds is 7. The van der Waals surface area contributed by atoms with Crippen LogP contribution in [0.1, 0.15) is 5.56 Å². The Morgan fingerprint density at radius 2 is 1.78 bits per heavy atom. The second-order valence-corrected chi connectivity index (χ2v) is 7.17. The van der Waals surface area contributed by atoms with Gasteiger partial charge in [0.15, 0.2) is 6.61 Å². The van der Waals surface area contributed by atoms with Gasteiger partial charge in [-0.2, -0.15) is 13.2 Å². The number of nitrogens with zero attached hydrogens (tertiary/aromatic N) is 2. The normalized spacial score (nSPS) is 11.2. The molecule has 0 fully saturated rings. The molecule has 2 aromatic carbocycles. The van der Waals surface area contributed by atoms with Gasteiger partial charge in [0.05, 0.1) is 12.2 Å². The minimum absolute atomic E-state index is 0.125. The van der Waals surface area contributed by atoms with Gasteiger partial charge in [-0.25, -0.2) is 4.79 Å². The molecule has 0 aliphatic rings. The predicted molar refractivity (Wildman–Crippen MR) is 112 cm³/mol. The molecule has 3 aromatic rings. The molecule has 1 amide bonds. The number of benzene rings is 2. The number of halogens is 4. The summed E-state index contributed by atoms with van der Waals surface area (Å²) in [5.41, 5.74) is -0.722. The monoisotopic (exact) mass is 467 g/mol. The lowest BCUT2D eigenvalue weighted by Gasteiger charge is -2.15. The molecular weight excluding hydrogens is 451 g/mol. The van der Waals surface area contributed by atoms with Crippen molar-refractivity contribution in [2.75, 3.05) is 11.9 Å². The van der Waals surface area contributed by atoms with Crippen LogP contribution in [0.15, 0.2) is 70.4 Å². The van der Waals surface area contributed by atoms with Crippen molar-refractivity contribution in [3.05, 3.63) is 92.2 Å². The molecule has 1 heterocycles. The molecule has 0 saturated heterocycles. The average molecular weight is 468 g/mol. The van der Waals surface area contributed by atoms with Crippen molar-refractivity contribution in [2.24, 2.45) is 0 Å². The van der Waals surface area contributed by atoms with Gasteiger partial charge in [0, 0.05) is 17.3 Å². The molecule has 0 saturated carbocycles. The summed E-state index contributed by atoms with van der Waals surface area (Å²) in [6.45, 7) is -2.04. The summed E-state index contributed by atoms with van der Waals surface area (Å²) in [6.07, 6.45) is -3.26. The highest BCUT2D eigenvalue weighted by molar-refractivity contribution is 6.31. The first kappa shape index (κ1) is 23.1. The second kappa shape index (κ2) is 9.73. The Bertz CT molecular complexity index is 1220. The summed E-state index contributed by atoms with van der Waals surface area (Å²) >= 11 is 5.86. The van der Waals surface area contributed by atoms with Gasteiger partial charge < -0.3 is 10.1 Å². The number of carbonyl (C=O) groups is 1. The van der Waals surface area contributed by atoms with E-state index in [1.165, 1.54) is 29.0 Å². The number of anilines is 1. The topological polar surface area (TPSA) is 82.3 Å². The van der Waals surface area contributed by atoms with E-state index in [2.05, 4.69) is 5.32 Å². The van der Waals surface area contributed by atoms with Gasteiger partial charge in [-0.15, -0.1) is 0 Å². The first-order valence-electron chi connectivity index (χ1n) is 9.25. The molecule has 0 radical (unpaired) electrons. The number of nitrogens with one attached hydrogen (secondary N) is 1. The highest BCUT2D eigenvalue weighted by atomic mass is 35.5. The van der Waals surface area contributed by atoms with E-state index < -0.39 is 36.5 Å². The van der Waals surface area contributed by atoms with E-state index in [0.717, 1.165) is 16.2 Å². The van der Waals surface area contributed by atoms with Crippen molar-refractivity contribution in [1.82, 2.24) is 9.13 Å². The Labute approximate surface area is 184 Å². The highest BCUT2D eigenvalue weighted by Gasteiger charge is 2.29. The number of alkyl halides is 3. The minimum Gasteiger partial charge on any atom is -0.482 e. The first-order valence-corrected chi connectivity index (χ1v) is 9.63. The molecule has 32 heavy (non-hydrogen) atoms. The van der Waals surface area contributed by atoms with E-state index in [-0.39, 0.29) is 23.0 Å². The van der Waals surface area contributed by atoms with Crippen LogP contribution >= 0.6 is 11.6 Å². The molecule has 0 atom stereocenters. The van der Waals surface area contributed by atoms with E-state index in [9.17, 15) is 27.6 Å². The molecule has 7 nitrogen and oxygen atoms in total. The second-order valence-electron chi connectivity index (χ2n) is 6.73. The quantitative estimate of drug-likeness (QED) is 0.578. The van der Waals surface area contributed by atoms with Crippen LogP contribution in [0.3, 0.4) is 0 Å². The Balaban J connectivity index is 1.79. The lowest BCUT2D eigenvalue weighted by atomic mass is 10.2. The van der Waals surface area contributed by atoms with Crippen LogP contribution in [-0.2, 0) is 17.9 Å². The van der Waals surface area contributed by atoms with E-state index in [4.69, 9.17) is 16.3 Å². The van der Waals surface area contributed by atoms with Crippen LogP contribution in [0.2, 0.25) is 5.02 Å². The summed E-state index contributed by atoms with van der Waals surface area (Å²) in [6, 6.07) is 13.8. The third-order valence-electron chi connectivity index (χ3n) is 4.24. The summed E-state index contributed by atoms with van der Waals surface area (Å²) in [7, 11) is 0. The van der Waals surface area contributed by atoms with Crippen LogP contribution in [0.4, 0.5) is 18.9 Å². The summed E-state index contributed by atoms with van der Waals surface area (Å²) in [5, 5.41) is 2.48. The van der Waals surface area contributed by atoms with Gasteiger partial charge in [-0.1, -0.05) is 41.9 Å². The standard InChI is InChI=1S/C21H17ClF3N3O4/c22-15-6-7-17(32-13-21(23,24)25)16(10-15)26-18(29)12-28-19(30)8-9-27(20(28)31)11-14-4-2-1-3-5-14/h1-10H,11-13H2,(H,26,29). The summed E-state index contributed by atoms with van der Waals surface area (Å²) in [5.74, 6) is -1.08. The van der Waals surface area contributed by atoms with Crippen LogP contribution in [0, 0.1) is 0 Å². The summed E-state index contributed by atoms with van der Waals surface area (Å²) < 4.78 is 44.1. The number of hydrogen-bond donors (Lipinski definition) is 1. The third-order valence-corrected chi connectivity index (χ3v) is 4.48. The smallest absolute Gasteiger partial charge is 0.422 e. The Morgan fingerprint density at radius 3 is 2.47 bits per heavy atom. The molecule has 3 rings (SSSR count). The van der Waals surface area contributed by atoms with E-state index >= 15 is 0 Å². The number of ether oxygens (including phenoxy) is 1. The van der Waals surface area contributed by atoms with E-state index in [0.29, 0.717) is 0 Å². The number of amides is 1. The van der Waals surface area contributed by atoms with E-state index in [1.54, 1.807) is 24.3 Å². The zero-order valence-corrected chi connectivity index (χ0v) is 17.2. The molecule has 0 spiro atoms. The largest absolute Gasteiger partial charge is 0.482 e. The fourth-order valence-corrected chi connectivity index (χ4v) is 2.99. The highest BCUT2D eigenvalue weighted by Crippen LogP contribution is 2.29.